The zero-order chi connectivity index (χ0) is 21.0. The molecule has 0 aliphatic rings. The number of carboxylic acid groups (broad SMARTS) is 1. The van der Waals surface area contributed by atoms with Crippen LogP contribution in [0.4, 0.5) is 5.69 Å². The van der Waals surface area contributed by atoms with E-state index in [2.05, 4.69) is 26.0 Å². The average Bonchev–Trinajstić information content (AvgIpc) is 3.21. The monoisotopic (exact) mass is 478 g/mol. The number of carbonyl (C=O) groups is 2. The Morgan fingerprint density at radius 1 is 1.07 bits per heavy atom. The second-order valence-corrected chi connectivity index (χ2v) is 8.61. The van der Waals surface area contributed by atoms with Crippen LogP contribution in [0.2, 0.25) is 0 Å². The molecule has 8 nitrogen and oxygen atoms in total. The Hall–Kier alpha value is -2.95. The molecule has 1 aromatic heterocycles. The number of anilines is 1. The molecular formula is C19H15BrN2O6S. The standard InChI is InChI=1S/C19H15BrN2O6S/c20-14-3-6-17(16(9-14)19(24)25)22-18(23)13-1-4-15(5-2-13)29(26,27)21-10-12-7-8-28-11-12/h1-9,11,21H,10H2,(H,22,23)(H,24,25). The van der Waals surface area contributed by atoms with E-state index in [0.29, 0.717) is 10.0 Å². The Bertz CT molecular complexity index is 1140. The summed E-state index contributed by atoms with van der Waals surface area (Å²) in [7, 11) is -3.77. The number of benzene rings is 2. The third-order valence-electron chi connectivity index (χ3n) is 3.93. The summed E-state index contributed by atoms with van der Waals surface area (Å²) in [5.41, 5.74) is 0.908. The van der Waals surface area contributed by atoms with E-state index in [1.165, 1.54) is 48.9 Å². The molecule has 10 heteroatoms. The van der Waals surface area contributed by atoms with Gasteiger partial charge in [-0.3, -0.25) is 4.79 Å². The van der Waals surface area contributed by atoms with Crippen LogP contribution in [0.5, 0.6) is 0 Å². The van der Waals surface area contributed by atoms with E-state index in [1.807, 2.05) is 0 Å². The highest BCUT2D eigenvalue weighted by atomic mass is 79.9. The quantitative estimate of drug-likeness (QED) is 0.477. The molecule has 0 fully saturated rings. The van der Waals surface area contributed by atoms with Gasteiger partial charge in [0.2, 0.25) is 10.0 Å². The van der Waals surface area contributed by atoms with Crippen molar-refractivity contribution in [2.75, 3.05) is 5.32 Å². The molecule has 0 spiro atoms. The zero-order valence-electron chi connectivity index (χ0n) is 14.8. The van der Waals surface area contributed by atoms with E-state index in [9.17, 15) is 23.1 Å². The average molecular weight is 479 g/mol. The van der Waals surface area contributed by atoms with E-state index < -0.39 is 21.9 Å². The van der Waals surface area contributed by atoms with Gasteiger partial charge < -0.3 is 14.8 Å². The first-order valence-corrected chi connectivity index (χ1v) is 10.5. The first-order valence-electron chi connectivity index (χ1n) is 8.21. The van der Waals surface area contributed by atoms with Crippen molar-refractivity contribution >= 4 is 43.5 Å². The van der Waals surface area contributed by atoms with Gasteiger partial charge in [-0.15, -0.1) is 0 Å². The normalized spacial score (nSPS) is 11.2. The summed E-state index contributed by atoms with van der Waals surface area (Å²) < 4.78 is 32.6. The highest BCUT2D eigenvalue weighted by Crippen LogP contribution is 2.22. The summed E-state index contributed by atoms with van der Waals surface area (Å²) in [6.07, 6.45) is 2.88. The largest absolute Gasteiger partial charge is 0.478 e. The molecule has 0 atom stereocenters. The van der Waals surface area contributed by atoms with Gasteiger partial charge in [-0.25, -0.2) is 17.9 Å². The summed E-state index contributed by atoms with van der Waals surface area (Å²) in [6, 6.07) is 11.4. The molecule has 0 saturated heterocycles. The Balaban J connectivity index is 1.73. The Morgan fingerprint density at radius 3 is 2.41 bits per heavy atom. The van der Waals surface area contributed by atoms with Crippen LogP contribution < -0.4 is 10.0 Å². The number of carbonyl (C=O) groups excluding carboxylic acids is 1. The third-order valence-corrected chi connectivity index (χ3v) is 5.84. The number of carboxylic acids is 1. The summed E-state index contributed by atoms with van der Waals surface area (Å²) in [6.45, 7) is 0.0720. The molecule has 0 radical (unpaired) electrons. The minimum absolute atomic E-state index is 0.00703. The molecule has 3 N–H and O–H groups in total. The molecule has 3 aromatic rings. The maximum atomic E-state index is 12.4. The number of amides is 1. The van der Waals surface area contributed by atoms with Gasteiger partial charge >= 0.3 is 5.97 Å². The van der Waals surface area contributed by atoms with Gasteiger partial charge in [0, 0.05) is 22.1 Å². The molecule has 2 aromatic carbocycles. The fourth-order valence-electron chi connectivity index (χ4n) is 2.44. The van der Waals surface area contributed by atoms with E-state index >= 15 is 0 Å². The topological polar surface area (TPSA) is 126 Å². The molecule has 1 heterocycles. The molecule has 0 aliphatic carbocycles. The summed E-state index contributed by atoms with van der Waals surface area (Å²) >= 11 is 3.18. The van der Waals surface area contributed by atoms with E-state index in [1.54, 1.807) is 12.1 Å². The Labute approximate surface area is 174 Å². The molecule has 0 saturated carbocycles. The summed E-state index contributed by atoms with van der Waals surface area (Å²) in [5.74, 6) is -1.75. The second-order valence-electron chi connectivity index (χ2n) is 5.93. The van der Waals surface area contributed by atoms with Crippen LogP contribution in [0.25, 0.3) is 0 Å². The van der Waals surface area contributed by atoms with Gasteiger partial charge in [-0.05, 0) is 48.5 Å². The molecule has 1 amide bonds. The van der Waals surface area contributed by atoms with E-state index in [0.717, 1.165) is 0 Å². The molecule has 29 heavy (non-hydrogen) atoms. The minimum atomic E-state index is -3.77. The number of halogens is 1. The second kappa shape index (κ2) is 8.60. The Morgan fingerprint density at radius 2 is 1.79 bits per heavy atom. The van der Waals surface area contributed by atoms with E-state index in [-0.39, 0.29) is 28.3 Å². The smallest absolute Gasteiger partial charge is 0.337 e. The van der Waals surface area contributed by atoms with Crippen LogP contribution >= 0.6 is 15.9 Å². The number of nitrogens with one attached hydrogen (secondary N) is 2. The van der Waals surface area contributed by atoms with E-state index in [4.69, 9.17) is 4.42 Å². The lowest BCUT2D eigenvalue weighted by molar-refractivity contribution is 0.0698. The van der Waals surface area contributed by atoms with Crippen LogP contribution in [-0.2, 0) is 16.6 Å². The van der Waals surface area contributed by atoms with Crippen LogP contribution in [0.1, 0.15) is 26.3 Å². The lowest BCUT2D eigenvalue weighted by atomic mass is 10.1. The predicted octanol–water partition coefficient (Wildman–Crippen LogP) is 3.47. The van der Waals surface area contributed by atoms with Gasteiger partial charge in [0.1, 0.15) is 0 Å². The van der Waals surface area contributed by atoms with Gasteiger partial charge in [0.05, 0.1) is 28.7 Å². The molecule has 0 aliphatic heterocycles. The maximum Gasteiger partial charge on any atom is 0.337 e. The first kappa shape index (κ1) is 20.8. The third kappa shape index (κ3) is 5.11. The molecule has 150 valence electrons. The number of furan rings is 1. The van der Waals surface area contributed by atoms with Gasteiger partial charge in [-0.1, -0.05) is 15.9 Å². The first-order chi connectivity index (χ1) is 13.8. The number of hydrogen-bond acceptors (Lipinski definition) is 5. The van der Waals surface area contributed by atoms with Crippen molar-refractivity contribution in [3.8, 4) is 0 Å². The molecule has 3 rings (SSSR count). The number of hydrogen-bond donors (Lipinski definition) is 3. The van der Waals surface area contributed by atoms with Crippen LogP contribution in [0.15, 0.2) is 74.8 Å². The van der Waals surface area contributed by atoms with Crippen LogP contribution in [-0.4, -0.2) is 25.4 Å². The van der Waals surface area contributed by atoms with Crippen LogP contribution in [0.3, 0.4) is 0 Å². The predicted molar refractivity (Wildman–Crippen MR) is 108 cm³/mol. The van der Waals surface area contributed by atoms with Crippen molar-refractivity contribution in [1.82, 2.24) is 4.72 Å². The summed E-state index contributed by atoms with van der Waals surface area (Å²) in [5, 5.41) is 11.8. The fourth-order valence-corrected chi connectivity index (χ4v) is 3.82. The van der Waals surface area contributed by atoms with Crippen molar-refractivity contribution < 1.29 is 27.5 Å². The Kier molecular flexibility index (Phi) is 6.16. The van der Waals surface area contributed by atoms with Gasteiger partial charge in [0.15, 0.2) is 0 Å². The lowest BCUT2D eigenvalue weighted by Crippen LogP contribution is -2.23. The highest BCUT2D eigenvalue weighted by Gasteiger charge is 2.17. The molecular weight excluding hydrogens is 464 g/mol. The maximum absolute atomic E-state index is 12.4. The van der Waals surface area contributed by atoms with Crippen molar-refractivity contribution in [3.63, 3.8) is 0 Å². The number of sulfonamides is 1. The van der Waals surface area contributed by atoms with Crippen molar-refractivity contribution in [2.24, 2.45) is 0 Å². The van der Waals surface area contributed by atoms with Gasteiger partial charge in [0.25, 0.3) is 5.91 Å². The van der Waals surface area contributed by atoms with Crippen LogP contribution in [0, 0.1) is 0 Å². The molecule has 0 bridgehead atoms. The summed E-state index contributed by atoms with van der Waals surface area (Å²) in [4.78, 5) is 23.8. The number of aromatic carboxylic acids is 1. The highest BCUT2D eigenvalue weighted by molar-refractivity contribution is 9.10. The SMILES string of the molecule is O=C(Nc1ccc(Br)cc1C(=O)O)c1ccc(S(=O)(=O)NCc2ccoc2)cc1. The zero-order valence-corrected chi connectivity index (χ0v) is 17.2. The van der Waals surface area contributed by atoms with Crippen molar-refractivity contribution in [2.45, 2.75) is 11.4 Å². The lowest BCUT2D eigenvalue weighted by Gasteiger charge is -2.10. The number of rotatable bonds is 7. The van der Waals surface area contributed by atoms with Crippen molar-refractivity contribution in [1.29, 1.82) is 0 Å². The minimum Gasteiger partial charge on any atom is -0.478 e. The molecule has 0 unspecified atom stereocenters. The fraction of sp³-hybridized carbons (Fsp3) is 0.0526. The van der Waals surface area contributed by atoms with Gasteiger partial charge in [-0.2, -0.15) is 0 Å². The van der Waals surface area contributed by atoms with Crippen molar-refractivity contribution in [3.05, 3.63) is 82.2 Å².